The fourth-order valence-electron chi connectivity index (χ4n) is 2.65. The smallest absolute Gasteiger partial charge is 0.191 e. The molecule has 3 rings (SSSR count). The number of hydrogen-bond donors (Lipinski definition) is 2. The Balaban J connectivity index is 0.00000243. The molecule has 2 aromatic carbocycles. The topological polar surface area (TPSA) is 45.7 Å². The lowest BCUT2D eigenvalue weighted by molar-refractivity contribution is 0.296. The van der Waals surface area contributed by atoms with Crippen molar-refractivity contribution < 1.29 is 4.74 Å². The third kappa shape index (κ3) is 6.86. The van der Waals surface area contributed by atoms with Crippen molar-refractivity contribution in [3.8, 4) is 5.75 Å². The quantitative estimate of drug-likeness (QED) is 0.352. The molecule has 0 saturated heterocycles. The Kier molecular flexibility index (Phi) is 8.74. The van der Waals surface area contributed by atoms with Crippen molar-refractivity contribution in [2.24, 2.45) is 10.9 Å². The average molecular weight is 465 g/mol. The van der Waals surface area contributed by atoms with E-state index in [1.165, 1.54) is 18.4 Å². The minimum absolute atomic E-state index is 0. The second kappa shape index (κ2) is 11.1. The minimum atomic E-state index is 0. The molecule has 5 heteroatoms. The van der Waals surface area contributed by atoms with Crippen molar-refractivity contribution in [3.63, 3.8) is 0 Å². The molecule has 0 aliphatic heterocycles. The van der Waals surface area contributed by atoms with E-state index in [0.717, 1.165) is 42.8 Å². The lowest BCUT2D eigenvalue weighted by atomic mass is 10.1. The van der Waals surface area contributed by atoms with Gasteiger partial charge in [-0.1, -0.05) is 48.5 Å². The SMILES string of the molecule is CN=C(NCCc1ccccc1)NCc1ccccc1OCC1CC1.I. The largest absolute Gasteiger partial charge is 0.493 e. The van der Waals surface area contributed by atoms with E-state index in [9.17, 15) is 0 Å². The molecule has 140 valence electrons. The van der Waals surface area contributed by atoms with Crippen LogP contribution in [0, 0.1) is 5.92 Å². The Labute approximate surface area is 173 Å². The Hall–Kier alpha value is -1.76. The molecule has 0 aromatic heterocycles. The number of hydrogen-bond acceptors (Lipinski definition) is 2. The van der Waals surface area contributed by atoms with Crippen molar-refractivity contribution >= 4 is 29.9 Å². The highest BCUT2D eigenvalue weighted by molar-refractivity contribution is 14.0. The molecule has 2 N–H and O–H groups in total. The van der Waals surface area contributed by atoms with Crippen LogP contribution in [-0.2, 0) is 13.0 Å². The molecule has 4 nitrogen and oxygen atoms in total. The molecule has 0 spiro atoms. The maximum absolute atomic E-state index is 5.97. The maximum Gasteiger partial charge on any atom is 0.191 e. The van der Waals surface area contributed by atoms with Crippen LogP contribution in [0.3, 0.4) is 0 Å². The van der Waals surface area contributed by atoms with Crippen LogP contribution in [-0.4, -0.2) is 26.2 Å². The first-order valence-corrected chi connectivity index (χ1v) is 9.04. The van der Waals surface area contributed by atoms with Crippen molar-refractivity contribution in [1.29, 1.82) is 0 Å². The zero-order valence-electron chi connectivity index (χ0n) is 15.3. The van der Waals surface area contributed by atoms with Gasteiger partial charge in [-0.2, -0.15) is 0 Å². The Bertz CT molecular complexity index is 687. The van der Waals surface area contributed by atoms with Crippen LogP contribution in [0.2, 0.25) is 0 Å². The summed E-state index contributed by atoms with van der Waals surface area (Å²) in [5.74, 6) is 2.54. The summed E-state index contributed by atoms with van der Waals surface area (Å²) in [5, 5.41) is 6.74. The van der Waals surface area contributed by atoms with E-state index < -0.39 is 0 Å². The number of rotatable bonds is 8. The summed E-state index contributed by atoms with van der Waals surface area (Å²) in [4.78, 5) is 4.30. The molecule has 0 unspecified atom stereocenters. The predicted octanol–water partition coefficient (Wildman–Crippen LogP) is 4.00. The van der Waals surface area contributed by atoms with E-state index in [0.29, 0.717) is 6.54 Å². The van der Waals surface area contributed by atoms with Crippen LogP contribution in [0.5, 0.6) is 5.75 Å². The lowest BCUT2D eigenvalue weighted by Gasteiger charge is -2.15. The van der Waals surface area contributed by atoms with E-state index in [1.54, 1.807) is 7.05 Å². The second-order valence-corrected chi connectivity index (χ2v) is 6.45. The highest BCUT2D eigenvalue weighted by Gasteiger charge is 2.22. The van der Waals surface area contributed by atoms with E-state index >= 15 is 0 Å². The van der Waals surface area contributed by atoms with Gasteiger partial charge >= 0.3 is 0 Å². The number of para-hydroxylation sites is 1. The molecule has 1 fully saturated rings. The van der Waals surface area contributed by atoms with Gasteiger partial charge in [0, 0.05) is 25.7 Å². The molecular formula is C21H28IN3O. The summed E-state index contributed by atoms with van der Waals surface area (Å²) in [5.41, 5.74) is 2.48. The number of guanidine groups is 1. The number of benzene rings is 2. The standard InChI is InChI=1S/C21H27N3O.HI/c1-22-21(23-14-13-17-7-3-2-4-8-17)24-15-19-9-5-6-10-20(19)25-16-18-11-12-18;/h2-10,18H,11-16H2,1H3,(H2,22,23,24);1H. The van der Waals surface area contributed by atoms with Crippen LogP contribution in [0.25, 0.3) is 0 Å². The third-order valence-corrected chi connectivity index (χ3v) is 4.36. The van der Waals surface area contributed by atoms with Crippen molar-refractivity contribution in [2.75, 3.05) is 20.2 Å². The summed E-state index contributed by atoms with van der Waals surface area (Å²) in [7, 11) is 1.80. The highest BCUT2D eigenvalue weighted by Crippen LogP contribution is 2.30. The van der Waals surface area contributed by atoms with Gasteiger partial charge < -0.3 is 15.4 Å². The summed E-state index contributed by atoms with van der Waals surface area (Å²) < 4.78 is 5.97. The van der Waals surface area contributed by atoms with Crippen LogP contribution in [0.15, 0.2) is 59.6 Å². The molecule has 2 aromatic rings. The van der Waals surface area contributed by atoms with Gasteiger partial charge in [-0.15, -0.1) is 24.0 Å². The number of halogens is 1. The molecule has 1 aliphatic rings. The van der Waals surface area contributed by atoms with E-state index in [2.05, 4.69) is 46.0 Å². The molecule has 1 saturated carbocycles. The van der Waals surface area contributed by atoms with Crippen molar-refractivity contribution in [2.45, 2.75) is 25.8 Å². The molecule has 0 radical (unpaired) electrons. The van der Waals surface area contributed by atoms with Crippen LogP contribution < -0.4 is 15.4 Å². The molecule has 26 heavy (non-hydrogen) atoms. The van der Waals surface area contributed by atoms with Crippen LogP contribution in [0.4, 0.5) is 0 Å². The van der Waals surface area contributed by atoms with Gasteiger partial charge in [-0.25, -0.2) is 0 Å². The number of nitrogens with zero attached hydrogens (tertiary/aromatic N) is 1. The minimum Gasteiger partial charge on any atom is -0.493 e. The number of aliphatic imine (C=N–C) groups is 1. The van der Waals surface area contributed by atoms with Crippen molar-refractivity contribution in [1.82, 2.24) is 10.6 Å². The monoisotopic (exact) mass is 465 g/mol. The second-order valence-electron chi connectivity index (χ2n) is 6.45. The van der Waals surface area contributed by atoms with Gasteiger partial charge in [0.1, 0.15) is 5.75 Å². The normalized spacial score (nSPS) is 13.7. The molecule has 0 atom stereocenters. The van der Waals surface area contributed by atoms with Gasteiger partial charge in [0.2, 0.25) is 0 Å². The van der Waals surface area contributed by atoms with E-state index in [-0.39, 0.29) is 24.0 Å². The lowest BCUT2D eigenvalue weighted by Crippen LogP contribution is -2.37. The van der Waals surface area contributed by atoms with E-state index in [4.69, 9.17) is 4.74 Å². The van der Waals surface area contributed by atoms with Gasteiger partial charge in [-0.3, -0.25) is 4.99 Å². The van der Waals surface area contributed by atoms with Crippen LogP contribution >= 0.6 is 24.0 Å². The van der Waals surface area contributed by atoms with Gasteiger partial charge in [0.05, 0.1) is 6.61 Å². The summed E-state index contributed by atoms with van der Waals surface area (Å²) in [6.45, 7) is 2.39. The summed E-state index contributed by atoms with van der Waals surface area (Å²) >= 11 is 0. The Morgan fingerprint density at radius 1 is 1.04 bits per heavy atom. The van der Waals surface area contributed by atoms with Crippen molar-refractivity contribution in [3.05, 3.63) is 65.7 Å². The van der Waals surface area contributed by atoms with Gasteiger partial charge in [-0.05, 0) is 36.8 Å². The molecule has 1 aliphatic carbocycles. The highest BCUT2D eigenvalue weighted by atomic mass is 127. The third-order valence-electron chi connectivity index (χ3n) is 4.36. The first-order valence-electron chi connectivity index (χ1n) is 9.04. The average Bonchev–Trinajstić information content (AvgIpc) is 3.49. The summed E-state index contributed by atoms with van der Waals surface area (Å²) in [6.07, 6.45) is 3.58. The maximum atomic E-state index is 5.97. The van der Waals surface area contributed by atoms with Crippen LogP contribution in [0.1, 0.15) is 24.0 Å². The number of nitrogens with one attached hydrogen (secondary N) is 2. The molecule has 0 bridgehead atoms. The zero-order valence-corrected chi connectivity index (χ0v) is 17.6. The van der Waals surface area contributed by atoms with E-state index in [1.807, 2.05) is 24.3 Å². The van der Waals surface area contributed by atoms with Gasteiger partial charge in [0.15, 0.2) is 5.96 Å². The fraction of sp³-hybridized carbons (Fsp3) is 0.381. The first kappa shape index (κ1) is 20.6. The molecular weight excluding hydrogens is 437 g/mol. The molecule has 0 heterocycles. The zero-order chi connectivity index (χ0) is 17.3. The summed E-state index contributed by atoms with van der Waals surface area (Å²) in [6, 6.07) is 18.7. The fourth-order valence-corrected chi connectivity index (χ4v) is 2.65. The Morgan fingerprint density at radius 3 is 2.50 bits per heavy atom. The van der Waals surface area contributed by atoms with Gasteiger partial charge in [0.25, 0.3) is 0 Å². The number of ether oxygens (including phenoxy) is 1. The molecule has 0 amide bonds. The first-order chi connectivity index (χ1) is 12.3. The Morgan fingerprint density at radius 2 is 1.77 bits per heavy atom. The predicted molar refractivity (Wildman–Crippen MR) is 118 cm³/mol.